The van der Waals surface area contributed by atoms with Crippen LogP contribution in [0.25, 0.3) is 0 Å². The zero-order valence-corrected chi connectivity index (χ0v) is 11.0. The second kappa shape index (κ2) is 5.44. The summed E-state index contributed by atoms with van der Waals surface area (Å²) >= 11 is 0. The Bertz CT molecular complexity index is 514. The lowest BCUT2D eigenvalue weighted by molar-refractivity contribution is -0.138. The first-order valence-corrected chi connectivity index (χ1v) is 6.46. The van der Waals surface area contributed by atoms with Crippen molar-refractivity contribution in [3.8, 4) is 0 Å². The minimum atomic E-state index is -4.65. The van der Waals surface area contributed by atoms with Crippen molar-refractivity contribution in [2.75, 3.05) is 13.1 Å². The maximum atomic E-state index is 12.8. The highest BCUT2D eigenvalue weighted by molar-refractivity contribution is 5.90. The molecule has 2 atom stereocenters. The van der Waals surface area contributed by atoms with Crippen LogP contribution in [-0.2, 0) is 6.18 Å². The molecule has 0 bridgehead atoms. The summed E-state index contributed by atoms with van der Waals surface area (Å²) in [5, 5.41) is 12.2. The number of alkyl halides is 3. The third-order valence-electron chi connectivity index (χ3n) is 3.79. The van der Waals surface area contributed by atoms with Gasteiger partial charge >= 0.3 is 12.1 Å². The van der Waals surface area contributed by atoms with Crippen molar-refractivity contribution in [3.63, 3.8) is 0 Å². The van der Waals surface area contributed by atoms with Gasteiger partial charge in [0.2, 0.25) is 0 Å². The van der Waals surface area contributed by atoms with E-state index in [-0.39, 0.29) is 11.8 Å². The molecule has 110 valence electrons. The Kier molecular flexibility index (Phi) is 4.04. The van der Waals surface area contributed by atoms with E-state index in [2.05, 4.69) is 5.32 Å². The number of carboxylic acids is 1. The molecule has 20 heavy (non-hydrogen) atoms. The predicted molar refractivity (Wildman–Crippen MR) is 67.8 cm³/mol. The van der Waals surface area contributed by atoms with Crippen molar-refractivity contribution in [2.24, 2.45) is 5.92 Å². The third-order valence-corrected chi connectivity index (χ3v) is 3.79. The Hall–Kier alpha value is -1.56. The van der Waals surface area contributed by atoms with Gasteiger partial charge in [-0.15, -0.1) is 0 Å². The van der Waals surface area contributed by atoms with Crippen LogP contribution in [0.5, 0.6) is 0 Å². The van der Waals surface area contributed by atoms with Gasteiger partial charge in [0.1, 0.15) is 0 Å². The molecule has 0 saturated carbocycles. The summed E-state index contributed by atoms with van der Waals surface area (Å²) in [5.74, 6) is -1.18. The minimum absolute atomic E-state index is 0.0941. The quantitative estimate of drug-likeness (QED) is 0.878. The molecule has 0 spiro atoms. The molecule has 3 nitrogen and oxygen atoms in total. The van der Waals surface area contributed by atoms with Crippen molar-refractivity contribution in [1.82, 2.24) is 5.32 Å². The zero-order chi connectivity index (χ0) is 14.9. The second-order valence-corrected chi connectivity index (χ2v) is 5.18. The number of piperidine rings is 1. The third kappa shape index (κ3) is 2.95. The first-order chi connectivity index (χ1) is 9.30. The summed E-state index contributed by atoms with van der Waals surface area (Å²) in [7, 11) is 0. The largest absolute Gasteiger partial charge is 0.478 e. The van der Waals surface area contributed by atoms with E-state index < -0.39 is 23.3 Å². The van der Waals surface area contributed by atoms with E-state index >= 15 is 0 Å². The van der Waals surface area contributed by atoms with Crippen LogP contribution < -0.4 is 5.32 Å². The molecular weight excluding hydrogens is 271 g/mol. The number of carboxylic acid groups (broad SMARTS) is 1. The smallest absolute Gasteiger partial charge is 0.417 e. The molecule has 1 aliphatic rings. The Labute approximate surface area is 114 Å². The van der Waals surface area contributed by atoms with Crippen molar-refractivity contribution in [3.05, 3.63) is 34.9 Å². The first-order valence-electron chi connectivity index (χ1n) is 6.46. The average molecular weight is 287 g/mol. The van der Waals surface area contributed by atoms with E-state index in [1.807, 2.05) is 6.92 Å². The predicted octanol–water partition coefficient (Wildman–Crippen LogP) is 3.12. The van der Waals surface area contributed by atoms with Crippen LogP contribution in [0.4, 0.5) is 13.2 Å². The summed E-state index contributed by atoms with van der Waals surface area (Å²) in [6, 6.07) is 3.47. The molecule has 2 rings (SSSR count). The van der Waals surface area contributed by atoms with Crippen LogP contribution in [-0.4, -0.2) is 24.2 Å². The maximum Gasteiger partial charge on any atom is 0.417 e. The molecule has 0 amide bonds. The molecule has 1 aromatic rings. The van der Waals surface area contributed by atoms with E-state index in [4.69, 9.17) is 5.11 Å². The Morgan fingerprint density at radius 1 is 1.40 bits per heavy atom. The van der Waals surface area contributed by atoms with Crippen molar-refractivity contribution in [2.45, 2.75) is 25.4 Å². The fourth-order valence-corrected chi connectivity index (χ4v) is 2.73. The highest BCUT2D eigenvalue weighted by Gasteiger charge is 2.36. The van der Waals surface area contributed by atoms with Crippen LogP contribution in [0, 0.1) is 5.92 Å². The van der Waals surface area contributed by atoms with E-state index in [1.165, 1.54) is 12.1 Å². The summed E-state index contributed by atoms with van der Waals surface area (Å²) in [4.78, 5) is 11.1. The van der Waals surface area contributed by atoms with E-state index in [1.54, 1.807) is 0 Å². The molecule has 0 aliphatic carbocycles. The number of rotatable bonds is 2. The van der Waals surface area contributed by atoms with Gasteiger partial charge in [0, 0.05) is 0 Å². The van der Waals surface area contributed by atoms with E-state index in [9.17, 15) is 18.0 Å². The fourth-order valence-electron chi connectivity index (χ4n) is 2.73. The van der Waals surface area contributed by atoms with Gasteiger partial charge in [0.05, 0.1) is 11.1 Å². The van der Waals surface area contributed by atoms with E-state index in [0.29, 0.717) is 5.56 Å². The molecule has 1 aliphatic heterocycles. The van der Waals surface area contributed by atoms with Crippen LogP contribution in [0.2, 0.25) is 0 Å². The standard InChI is InChI=1S/C14H16F3NO2/c1-8-7-18-5-4-10(8)9-2-3-12(14(15,16)17)11(6-9)13(19)20/h2-3,6,8,10,18H,4-5,7H2,1H3,(H,19,20)/t8-,10+/m0/s1. The minimum Gasteiger partial charge on any atom is -0.478 e. The lowest BCUT2D eigenvalue weighted by Gasteiger charge is -2.30. The van der Waals surface area contributed by atoms with Gasteiger partial charge in [-0.2, -0.15) is 13.2 Å². The topological polar surface area (TPSA) is 49.3 Å². The van der Waals surface area contributed by atoms with Gasteiger partial charge in [-0.1, -0.05) is 13.0 Å². The van der Waals surface area contributed by atoms with E-state index in [0.717, 1.165) is 25.6 Å². The summed E-state index contributed by atoms with van der Waals surface area (Å²) < 4.78 is 38.4. The maximum absolute atomic E-state index is 12.8. The van der Waals surface area contributed by atoms with Gasteiger partial charge < -0.3 is 10.4 Å². The van der Waals surface area contributed by atoms with Gasteiger partial charge in [0.25, 0.3) is 0 Å². The SMILES string of the molecule is C[C@H]1CNCC[C@H]1c1ccc(C(F)(F)F)c(C(=O)O)c1. The van der Waals surface area contributed by atoms with Crippen LogP contribution in [0.3, 0.4) is 0 Å². The molecule has 1 heterocycles. The highest BCUT2D eigenvalue weighted by Crippen LogP contribution is 2.36. The summed E-state index contributed by atoms with van der Waals surface area (Å²) in [6.45, 7) is 3.58. The molecule has 6 heteroatoms. The molecular formula is C14H16F3NO2. The molecule has 1 aromatic carbocycles. The zero-order valence-electron chi connectivity index (χ0n) is 11.0. The van der Waals surface area contributed by atoms with Gasteiger partial charge in [-0.25, -0.2) is 4.79 Å². The van der Waals surface area contributed by atoms with Gasteiger partial charge in [-0.05, 0) is 49.0 Å². The molecule has 0 aromatic heterocycles. The van der Waals surface area contributed by atoms with Crippen LogP contribution in [0.15, 0.2) is 18.2 Å². The molecule has 2 N–H and O–H groups in total. The van der Waals surface area contributed by atoms with Crippen molar-refractivity contribution < 1.29 is 23.1 Å². The molecule has 0 unspecified atom stereocenters. The van der Waals surface area contributed by atoms with Gasteiger partial charge in [-0.3, -0.25) is 0 Å². The first kappa shape index (κ1) is 14.8. The highest BCUT2D eigenvalue weighted by atomic mass is 19.4. The van der Waals surface area contributed by atoms with Crippen molar-refractivity contribution >= 4 is 5.97 Å². The monoisotopic (exact) mass is 287 g/mol. The Morgan fingerprint density at radius 3 is 2.65 bits per heavy atom. The fraction of sp³-hybridized carbons (Fsp3) is 0.500. The second-order valence-electron chi connectivity index (χ2n) is 5.18. The number of carbonyl (C=O) groups is 1. The lowest BCUT2D eigenvalue weighted by atomic mass is 9.81. The molecule has 0 radical (unpaired) electrons. The Balaban J connectivity index is 2.42. The van der Waals surface area contributed by atoms with Crippen LogP contribution >= 0.6 is 0 Å². The van der Waals surface area contributed by atoms with Gasteiger partial charge in [0.15, 0.2) is 0 Å². The molecule has 1 fully saturated rings. The average Bonchev–Trinajstić information content (AvgIpc) is 2.37. The molecule has 1 saturated heterocycles. The van der Waals surface area contributed by atoms with Crippen molar-refractivity contribution in [1.29, 1.82) is 0 Å². The number of aromatic carboxylic acids is 1. The number of hydrogen-bond acceptors (Lipinski definition) is 2. The number of halogens is 3. The number of benzene rings is 1. The van der Waals surface area contributed by atoms with Crippen LogP contribution in [0.1, 0.15) is 40.7 Å². The number of nitrogens with one attached hydrogen (secondary N) is 1. The lowest BCUT2D eigenvalue weighted by Crippen LogP contribution is -2.33. The normalized spacial score (nSPS) is 23.6. The Morgan fingerprint density at radius 2 is 2.10 bits per heavy atom. The number of hydrogen-bond donors (Lipinski definition) is 2. The summed E-state index contributed by atoms with van der Waals surface area (Å²) in [6.07, 6.45) is -3.85. The summed E-state index contributed by atoms with van der Waals surface area (Å²) in [5.41, 5.74) is -1.08.